The Morgan fingerprint density at radius 3 is 2.45 bits per heavy atom. The first-order valence-electron chi connectivity index (χ1n) is 9.35. The summed E-state index contributed by atoms with van der Waals surface area (Å²) in [5, 5.41) is 2.17. The lowest BCUT2D eigenvalue weighted by molar-refractivity contribution is -0.154. The Kier molecular flexibility index (Phi) is 8.28. The van der Waals surface area contributed by atoms with Gasteiger partial charge in [-0.05, 0) is 67.4 Å². The summed E-state index contributed by atoms with van der Waals surface area (Å²) in [6.07, 6.45) is 1.42. The summed E-state index contributed by atoms with van der Waals surface area (Å²) >= 11 is 4.65. The zero-order chi connectivity index (χ0) is 21.6. The molecule has 1 amide bonds. The second-order valence-electron chi connectivity index (χ2n) is 7.51. The van der Waals surface area contributed by atoms with Gasteiger partial charge in [0.2, 0.25) is 0 Å². The molecule has 0 aromatic heterocycles. The number of amides is 1. The standard InChI is InChI=1S/C22H25BrFNO3S/c1-5-9-18(21(27)28-22(2,3)4)29-19-13-17(16(24)12-15(19)23)25-20(26)14-10-7-6-8-11-14/h6-8,10-13,18H,5,9H2,1-4H3,(H,25,26). The second kappa shape index (κ2) is 10.3. The molecule has 0 heterocycles. The van der Waals surface area contributed by atoms with Crippen LogP contribution in [0.1, 0.15) is 50.9 Å². The zero-order valence-electron chi connectivity index (χ0n) is 16.9. The van der Waals surface area contributed by atoms with E-state index >= 15 is 0 Å². The van der Waals surface area contributed by atoms with Crippen molar-refractivity contribution < 1.29 is 18.7 Å². The van der Waals surface area contributed by atoms with Crippen LogP contribution in [0, 0.1) is 5.82 Å². The van der Waals surface area contributed by atoms with Gasteiger partial charge in [0.15, 0.2) is 0 Å². The summed E-state index contributed by atoms with van der Waals surface area (Å²) in [7, 11) is 0. The largest absolute Gasteiger partial charge is 0.459 e. The van der Waals surface area contributed by atoms with E-state index in [0.717, 1.165) is 6.42 Å². The number of carbonyl (C=O) groups is 2. The maximum Gasteiger partial charge on any atom is 0.319 e. The van der Waals surface area contributed by atoms with Crippen LogP contribution < -0.4 is 5.32 Å². The van der Waals surface area contributed by atoms with Gasteiger partial charge < -0.3 is 10.1 Å². The summed E-state index contributed by atoms with van der Waals surface area (Å²) in [5.74, 6) is -1.27. The van der Waals surface area contributed by atoms with E-state index in [1.54, 1.807) is 30.3 Å². The molecular weight excluding hydrogens is 457 g/mol. The molecule has 0 saturated heterocycles. The van der Waals surface area contributed by atoms with E-state index in [9.17, 15) is 14.0 Å². The van der Waals surface area contributed by atoms with E-state index in [4.69, 9.17) is 4.74 Å². The van der Waals surface area contributed by atoms with E-state index in [-0.39, 0.29) is 11.7 Å². The first kappa shape index (κ1) is 23.4. The lowest BCUT2D eigenvalue weighted by Gasteiger charge is -2.24. The third-order valence-corrected chi connectivity index (χ3v) is 6.02. The molecule has 0 spiro atoms. The molecule has 0 radical (unpaired) electrons. The highest BCUT2D eigenvalue weighted by Crippen LogP contribution is 2.37. The van der Waals surface area contributed by atoms with E-state index in [1.165, 1.54) is 23.9 Å². The van der Waals surface area contributed by atoms with Gasteiger partial charge in [0.25, 0.3) is 5.91 Å². The number of esters is 1. The molecule has 1 N–H and O–H groups in total. The number of rotatable bonds is 7. The molecule has 1 unspecified atom stereocenters. The number of anilines is 1. The Labute approximate surface area is 183 Å². The quantitative estimate of drug-likeness (QED) is 0.364. The van der Waals surface area contributed by atoms with E-state index < -0.39 is 22.6 Å². The molecule has 0 fully saturated rings. The number of hydrogen-bond acceptors (Lipinski definition) is 4. The highest BCUT2D eigenvalue weighted by Gasteiger charge is 2.26. The second-order valence-corrected chi connectivity index (χ2v) is 9.61. The summed E-state index contributed by atoms with van der Waals surface area (Å²) in [5.41, 5.74) is -0.0935. The Morgan fingerprint density at radius 2 is 1.86 bits per heavy atom. The van der Waals surface area contributed by atoms with Crippen LogP contribution in [0.4, 0.5) is 10.1 Å². The normalized spacial score (nSPS) is 12.3. The fourth-order valence-corrected chi connectivity index (χ4v) is 4.26. The van der Waals surface area contributed by atoms with Gasteiger partial charge in [-0.2, -0.15) is 0 Å². The van der Waals surface area contributed by atoms with Gasteiger partial charge in [0.05, 0.1) is 5.69 Å². The third kappa shape index (κ3) is 7.16. The maximum atomic E-state index is 14.4. The molecule has 2 aromatic rings. The van der Waals surface area contributed by atoms with Gasteiger partial charge in [-0.1, -0.05) is 31.5 Å². The van der Waals surface area contributed by atoms with Gasteiger partial charge in [-0.25, -0.2) is 4.39 Å². The Balaban J connectivity index is 2.24. The molecule has 29 heavy (non-hydrogen) atoms. The van der Waals surface area contributed by atoms with Crippen molar-refractivity contribution in [1.29, 1.82) is 0 Å². The minimum absolute atomic E-state index is 0.0593. The number of halogens is 2. The molecule has 0 bridgehead atoms. The van der Waals surface area contributed by atoms with Crippen molar-refractivity contribution in [3.05, 3.63) is 58.3 Å². The molecule has 2 rings (SSSR count). The van der Waals surface area contributed by atoms with Crippen LogP contribution in [0.3, 0.4) is 0 Å². The summed E-state index contributed by atoms with van der Waals surface area (Å²) in [6, 6.07) is 11.4. The minimum atomic E-state index is -0.585. The maximum absolute atomic E-state index is 14.4. The molecule has 4 nitrogen and oxygen atoms in total. The third-order valence-electron chi connectivity index (χ3n) is 3.80. The summed E-state index contributed by atoms with van der Waals surface area (Å²) in [4.78, 5) is 25.6. The van der Waals surface area contributed by atoms with Crippen molar-refractivity contribution >= 4 is 45.3 Å². The van der Waals surface area contributed by atoms with Crippen LogP contribution in [0.5, 0.6) is 0 Å². The molecular formula is C22H25BrFNO3S. The minimum Gasteiger partial charge on any atom is -0.459 e. The van der Waals surface area contributed by atoms with E-state index in [2.05, 4.69) is 21.2 Å². The van der Waals surface area contributed by atoms with Crippen molar-refractivity contribution in [3.63, 3.8) is 0 Å². The van der Waals surface area contributed by atoms with E-state index in [0.29, 0.717) is 21.4 Å². The first-order valence-corrected chi connectivity index (χ1v) is 11.0. The average molecular weight is 482 g/mol. The van der Waals surface area contributed by atoms with Crippen molar-refractivity contribution in [2.45, 2.75) is 56.3 Å². The molecule has 156 valence electrons. The molecule has 0 aliphatic rings. The summed E-state index contributed by atoms with van der Waals surface area (Å²) in [6.45, 7) is 7.46. The van der Waals surface area contributed by atoms with Crippen molar-refractivity contribution in [1.82, 2.24) is 0 Å². The van der Waals surface area contributed by atoms with Crippen LogP contribution in [-0.4, -0.2) is 22.7 Å². The number of ether oxygens (including phenoxy) is 1. The lowest BCUT2D eigenvalue weighted by Crippen LogP contribution is -2.30. The first-order chi connectivity index (χ1) is 13.6. The smallest absolute Gasteiger partial charge is 0.319 e. The van der Waals surface area contributed by atoms with Gasteiger partial charge >= 0.3 is 5.97 Å². The topological polar surface area (TPSA) is 55.4 Å². The van der Waals surface area contributed by atoms with E-state index in [1.807, 2.05) is 27.7 Å². The predicted molar refractivity (Wildman–Crippen MR) is 119 cm³/mol. The SMILES string of the molecule is CCCC(Sc1cc(NC(=O)c2ccccc2)c(F)cc1Br)C(=O)OC(C)(C)C. The number of hydrogen-bond donors (Lipinski definition) is 1. The van der Waals surface area contributed by atoms with Crippen LogP contribution in [0.15, 0.2) is 51.8 Å². The monoisotopic (exact) mass is 481 g/mol. The number of benzene rings is 2. The number of thioether (sulfide) groups is 1. The predicted octanol–water partition coefficient (Wildman–Crippen LogP) is 6.44. The Morgan fingerprint density at radius 1 is 1.21 bits per heavy atom. The Hall–Kier alpha value is -1.86. The van der Waals surface area contributed by atoms with Gasteiger partial charge in [-0.3, -0.25) is 9.59 Å². The van der Waals surface area contributed by atoms with Crippen molar-refractivity contribution in [2.75, 3.05) is 5.32 Å². The Bertz CT molecular complexity index is 868. The van der Waals surface area contributed by atoms with Gasteiger partial charge in [0.1, 0.15) is 16.7 Å². The molecule has 0 aliphatic heterocycles. The highest BCUT2D eigenvalue weighted by molar-refractivity contribution is 9.10. The van der Waals surface area contributed by atoms with Crippen LogP contribution in [0.25, 0.3) is 0 Å². The molecule has 7 heteroatoms. The highest BCUT2D eigenvalue weighted by atomic mass is 79.9. The van der Waals surface area contributed by atoms with Crippen LogP contribution >= 0.6 is 27.7 Å². The fourth-order valence-electron chi connectivity index (χ4n) is 2.51. The van der Waals surface area contributed by atoms with Crippen molar-refractivity contribution in [3.8, 4) is 0 Å². The van der Waals surface area contributed by atoms with Gasteiger partial charge in [0, 0.05) is 14.9 Å². The van der Waals surface area contributed by atoms with Crippen LogP contribution in [0.2, 0.25) is 0 Å². The lowest BCUT2D eigenvalue weighted by atomic mass is 10.2. The molecule has 0 aliphatic carbocycles. The molecule has 1 atom stereocenters. The zero-order valence-corrected chi connectivity index (χ0v) is 19.3. The summed E-state index contributed by atoms with van der Waals surface area (Å²) < 4.78 is 20.5. The van der Waals surface area contributed by atoms with Gasteiger partial charge in [-0.15, -0.1) is 11.8 Å². The van der Waals surface area contributed by atoms with Crippen molar-refractivity contribution in [2.24, 2.45) is 0 Å². The number of nitrogens with one attached hydrogen (secondary N) is 1. The molecule has 0 saturated carbocycles. The average Bonchev–Trinajstić information content (AvgIpc) is 2.64. The fraction of sp³-hybridized carbons (Fsp3) is 0.364. The van der Waals surface area contributed by atoms with Crippen LogP contribution in [-0.2, 0) is 9.53 Å². The molecule has 2 aromatic carbocycles. The number of carbonyl (C=O) groups excluding carboxylic acids is 2.